The monoisotopic (exact) mass is 464 g/mol. The lowest BCUT2D eigenvalue weighted by Crippen LogP contribution is -2.47. The second kappa shape index (κ2) is 10.5. The summed E-state index contributed by atoms with van der Waals surface area (Å²) < 4.78 is 30.8. The van der Waals surface area contributed by atoms with Gasteiger partial charge in [-0.15, -0.1) is 0 Å². The first-order valence-electron chi connectivity index (χ1n) is 10.7. The number of aryl methyl sites for hydroxylation is 2. The van der Waals surface area contributed by atoms with Crippen LogP contribution in [0.2, 0.25) is 0 Å². The van der Waals surface area contributed by atoms with Crippen LogP contribution >= 0.6 is 0 Å². The van der Waals surface area contributed by atoms with Crippen LogP contribution in [0, 0.1) is 25.2 Å². The van der Waals surface area contributed by atoms with E-state index in [1.807, 2.05) is 50.2 Å². The summed E-state index contributed by atoms with van der Waals surface area (Å²) in [7, 11) is -3.96. The highest BCUT2D eigenvalue weighted by Gasteiger charge is 2.29. The molecule has 0 saturated heterocycles. The third kappa shape index (κ3) is 6.09. The van der Waals surface area contributed by atoms with E-state index < -0.39 is 22.0 Å². The van der Waals surface area contributed by atoms with Gasteiger partial charge >= 0.3 is 0 Å². The van der Waals surface area contributed by atoms with Crippen LogP contribution in [-0.4, -0.2) is 24.9 Å². The maximum absolute atomic E-state index is 13.2. The Morgan fingerprint density at radius 3 is 2.52 bits per heavy atom. The summed E-state index contributed by atoms with van der Waals surface area (Å²) in [5.74, 6) is -0.426. The Bertz CT molecular complexity index is 1260. The quantitative estimate of drug-likeness (QED) is 0.505. The lowest BCUT2D eigenvalue weighted by Gasteiger charge is -2.24. The van der Waals surface area contributed by atoms with Crippen LogP contribution in [0.1, 0.15) is 41.8 Å². The van der Waals surface area contributed by atoms with Gasteiger partial charge in [-0.25, -0.2) is 8.42 Å². The van der Waals surface area contributed by atoms with Crippen molar-refractivity contribution in [3.8, 4) is 6.07 Å². The van der Waals surface area contributed by atoms with Gasteiger partial charge in [-0.2, -0.15) is 9.98 Å². The molecule has 172 valence electrons. The number of nitriles is 1. The first-order chi connectivity index (χ1) is 15.7. The zero-order chi connectivity index (χ0) is 24.0. The average molecular weight is 465 g/mol. The highest BCUT2D eigenvalue weighted by atomic mass is 32.2. The molecular weight excluding hydrogens is 436 g/mol. The summed E-state index contributed by atoms with van der Waals surface area (Å²) in [6, 6.07) is 18.8. The number of sulfonamides is 1. The number of nitrogens with one attached hydrogen (secondary N) is 2. The molecule has 3 rings (SSSR count). The van der Waals surface area contributed by atoms with Gasteiger partial charge < -0.3 is 9.88 Å². The smallest absolute Gasteiger partial charge is 0.241 e. The van der Waals surface area contributed by atoms with E-state index in [9.17, 15) is 18.5 Å². The Hall–Kier alpha value is -3.41. The third-order valence-electron chi connectivity index (χ3n) is 5.50. The predicted octanol–water partition coefficient (Wildman–Crippen LogP) is 3.59. The number of amides is 1. The number of aromatic nitrogens is 1. The summed E-state index contributed by atoms with van der Waals surface area (Å²) in [6.07, 6.45) is 1.93. The van der Waals surface area contributed by atoms with E-state index in [2.05, 4.69) is 16.1 Å². The van der Waals surface area contributed by atoms with Gasteiger partial charge in [-0.1, -0.05) is 42.5 Å². The molecular formula is C25H28N4O3S. The molecule has 1 heterocycles. The highest BCUT2D eigenvalue weighted by Crippen LogP contribution is 2.21. The number of carbonyl (C=O) groups is 1. The topological polar surface area (TPSA) is 104 Å². The minimum absolute atomic E-state index is 0.148. The van der Waals surface area contributed by atoms with Crippen molar-refractivity contribution >= 4 is 15.9 Å². The van der Waals surface area contributed by atoms with Gasteiger partial charge in [0.25, 0.3) is 0 Å². The fraction of sp³-hybridized carbons (Fsp3) is 0.280. The Balaban J connectivity index is 1.86. The molecule has 2 N–H and O–H groups in total. The molecule has 0 aliphatic carbocycles. The number of rotatable bonds is 9. The van der Waals surface area contributed by atoms with Gasteiger partial charge in [-0.05, 0) is 62.1 Å². The fourth-order valence-corrected chi connectivity index (χ4v) is 5.23. The molecule has 2 aromatic carbocycles. The predicted molar refractivity (Wildman–Crippen MR) is 127 cm³/mol. The van der Waals surface area contributed by atoms with E-state index in [-0.39, 0.29) is 23.9 Å². The van der Waals surface area contributed by atoms with Crippen LogP contribution in [0.25, 0.3) is 0 Å². The minimum Gasteiger partial charge on any atom is -0.351 e. The second-order valence-corrected chi connectivity index (χ2v) is 9.83. The molecule has 0 aliphatic rings. The number of benzene rings is 2. The first-order valence-corrected chi connectivity index (χ1v) is 12.2. The lowest BCUT2D eigenvalue weighted by atomic mass is 10.1. The molecule has 2 atom stereocenters. The molecule has 1 aromatic heterocycles. The van der Waals surface area contributed by atoms with Crippen LogP contribution in [0.15, 0.2) is 71.8 Å². The molecule has 33 heavy (non-hydrogen) atoms. The summed E-state index contributed by atoms with van der Waals surface area (Å²) >= 11 is 0. The Labute approximate surface area is 195 Å². The SMILES string of the molecule is Cc1ccc(C)c(S(=O)(=O)NC(CC(C)n2cccc2C#N)C(=O)NCc2ccccc2)c1. The van der Waals surface area contributed by atoms with Gasteiger partial charge in [0.05, 0.1) is 4.90 Å². The highest BCUT2D eigenvalue weighted by molar-refractivity contribution is 7.89. The van der Waals surface area contributed by atoms with Crippen LogP contribution in [0.3, 0.4) is 0 Å². The summed E-state index contributed by atoms with van der Waals surface area (Å²) in [4.78, 5) is 13.3. The van der Waals surface area contributed by atoms with Crippen molar-refractivity contribution in [2.75, 3.05) is 0 Å². The summed E-state index contributed by atoms with van der Waals surface area (Å²) in [5.41, 5.74) is 2.77. The third-order valence-corrected chi connectivity index (χ3v) is 7.12. The molecule has 0 aliphatic heterocycles. The van der Waals surface area contributed by atoms with Crippen LogP contribution in [-0.2, 0) is 21.4 Å². The number of carbonyl (C=O) groups excluding carboxylic acids is 1. The van der Waals surface area contributed by atoms with Gasteiger partial charge in [0, 0.05) is 18.8 Å². The van der Waals surface area contributed by atoms with Crippen molar-refractivity contribution in [3.05, 3.63) is 89.2 Å². The molecule has 7 nitrogen and oxygen atoms in total. The zero-order valence-corrected chi connectivity index (χ0v) is 19.8. The van der Waals surface area contributed by atoms with Gasteiger partial charge in [0.15, 0.2) is 0 Å². The summed E-state index contributed by atoms with van der Waals surface area (Å²) in [6.45, 7) is 5.67. The van der Waals surface area contributed by atoms with Crippen molar-refractivity contribution in [2.45, 2.75) is 50.7 Å². The Kier molecular flexibility index (Phi) is 7.69. The van der Waals surface area contributed by atoms with Gasteiger partial charge in [0.2, 0.25) is 15.9 Å². The van der Waals surface area contributed by atoms with Crippen molar-refractivity contribution in [2.24, 2.45) is 0 Å². The molecule has 8 heteroatoms. The second-order valence-electron chi connectivity index (χ2n) is 8.14. The normalized spacial score (nSPS) is 13.2. The molecule has 0 saturated carbocycles. The molecule has 0 spiro atoms. The van der Waals surface area contributed by atoms with Crippen molar-refractivity contribution < 1.29 is 13.2 Å². The Morgan fingerprint density at radius 1 is 1.09 bits per heavy atom. The van der Waals surface area contributed by atoms with Gasteiger partial charge in [0.1, 0.15) is 17.8 Å². The maximum atomic E-state index is 13.2. The zero-order valence-electron chi connectivity index (χ0n) is 18.9. The van der Waals surface area contributed by atoms with Gasteiger partial charge in [-0.3, -0.25) is 4.79 Å². The van der Waals surface area contributed by atoms with E-state index in [1.165, 1.54) is 0 Å². The first kappa shape index (κ1) is 24.2. The van der Waals surface area contributed by atoms with Crippen molar-refractivity contribution in [1.82, 2.24) is 14.6 Å². The van der Waals surface area contributed by atoms with E-state index in [0.717, 1.165) is 11.1 Å². The van der Waals surface area contributed by atoms with Crippen LogP contribution < -0.4 is 10.0 Å². The Morgan fingerprint density at radius 2 is 1.82 bits per heavy atom. The largest absolute Gasteiger partial charge is 0.351 e. The number of nitrogens with zero attached hydrogens (tertiary/aromatic N) is 2. The fourth-order valence-electron chi connectivity index (χ4n) is 3.69. The summed E-state index contributed by atoms with van der Waals surface area (Å²) in [5, 5.41) is 12.2. The van der Waals surface area contributed by atoms with E-state index in [4.69, 9.17) is 0 Å². The van der Waals surface area contributed by atoms with E-state index in [1.54, 1.807) is 42.0 Å². The molecule has 3 aromatic rings. The van der Waals surface area contributed by atoms with E-state index >= 15 is 0 Å². The molecule has 1 amide bonds. The molecule has 0 bridgehead atoms. The number of hydrogen-bond acceptors (Lipinski definition) is 4. The standard InChI is InChI=1S/C25H28N4O3S/c1-18-11-12-19(2)24(14-18)33(31,32)28-23(15-20(3)29-13-7-10-22(29)16-26)25(30)27-17-21-8-5-4-6-9-21/h4-14,20,23,28H,15,17H2,1-3H3,(H,27,30). The maximum Gasteiger partial charge on any atom is 0.241 e. The molecule has 0 fully saturated rings. The van der Waals surface area contributed by atoms with Crippen molar-refractivity contribution in [3.63, 3.8) is 0 Å². The molecule has 2 unspecified atom stereocenters. The average Bonchev–Trinajstić information content (AvgIpc) is 3.28. The van der Waals surface area contributed by atoms with Crippen LogP contribution in [0.4, 0.5) is 0 Å². The minimum atomic E-state index is -3.96. The lowest BCUT2D eigenvalue weighted by molar-refractivity contribution is -0.123. The van der Waals surface area contributed by atoms with Crippen molar-refractivity contribution in [1.29, 1.82) is 5.26 Å². The number of hydrogen-bond donors (Lipinski definition) is 2. The van der Waals surface area contributed by atoms with E-state index in [0.29, 0.717) is 11.3 Å². The molecule has 0 radical (unpaired) electrons. The van der Waals surface area contributed by atoms with Crippen LogP contribution in [0.5, 0.6) is 0 Å².